The van der Waals surface area contributed by atoms with Crippen LogP contribution in [0.25, 0.3) is 0 Å². The first-order chi connectivity index (χ1) is 8.09. The van der Waals surface area contributed by atoms with Crippen LogP contribution in [-0.2, 0) is 9.53 Å². The molecule has 4 heteroatoms. The molecule has 19 heavy (non-hydrogen) atoms. The molecule has 0 saturated carbocycles. The summed E-state index contributed by atoms with van der Waals surface area (Å²) in [6, 6.07) is 0.958. The van der Waals surface area contributed by atoms with Crippen molar-refractivity contribution in [2.24, 2.45) is 0 Å². The van der Waals surface area contributed by atoms with Gasteiger partial charge in [-0.25, -0.2) is 4.79 Å². The molecule has 0 unspecified atom stereocenters. The van der Waals surface area contributed by atoms with E-state index in [1.807, 2.05) is 0 Å². The number of carbonyl (C=O) groups excluding carboxylic acids is 1. The van der Waals surface area contributed by atoms with Gasteiger partial charge in [-0.3, -0.25) is 0 Å². The monoisotopic (exact) mass is 291 g/mol. The van der Waals surface area contributed by atoms with Crippen LogP contribution in [0.15, 0.2) is 12.7 Å². The van der Waals surface area contributed by atoms with Crippen LogP contribution in [0.3, 0.4) is 0 Å². The zero-order chi connectivity index (χ0) is 14.6. The fourth-order valence-corrected chi connectivity index (χ4v) is 3.35. The van der Waals surface area contributed by atoms with Crippen LogP contribution in [0.1, 0.15) is 48.5 Å². The van der Waals surface area contributed by atoms with Crippen molar-refractivity contribution in [3.63, 3.8) is 0 Å². The van der Waals surface area contributed by atoms with Gasteiger partial charge in [0, 0.05) is 6.08 Å². The van der Waals surface area contributed by atoms with E-state index in [2.05, 4.69) is 55.0 Å². The summed E-state index contributed by atoms with van der Waals surface area (Å²) in [5, 5.41) is 0. The molecule has 3 nitrogen and oxygen atoms in total. The van der Waals surface area contributed by atoms with Crippen molar-refractivity contribution >= 4 is 5.97 Å². The molecule has 0 amide bonds. The highest BCUT2D eigenvalue weighted by molar-refractivity contribution is 5.81. The topological polar surface area (TPSA) is 26.3 Å². The van der Waals surface area contributed by atoms with Gasteiger partial charge in [-0.15, -0.1) is 0 Å². The Balaban J connectivity index is 0. The van der Waals surface area contributed by atoms with Crippen molar-refractivity contribution < 1.29 is 26.4 Å². The van der Waals surface area contributed by atoms with Gasteiger partial charge in [-0.2, -0.15) is 0 Å². The van der Waals surface area contributed by atoms with Gasteiger partial charge in [-0.05, 0) is 48.5 Å². The molecule has 114 valence electrons. The largest absolute Gasteiger partial charge is 1.00 e. The number of hydrogen-bond acceptors (Lipinski definition) is 2. The van der Waals surface area contributed by atoms with E-state index in [1.165, 1.54) is 6.08 Å². The number of carbonyl (C=O) groups is 1. The highest BCUT2D eigenvalue weighted by atomic mass is 35.5. The summed E-state index contributed by atoms with van der Waals surface area (Å²) < 4.78 is 6.10. The van der Waals surface area contributed by atoms with Crippen LogP contribution in [0.2, 0.25) is 0 Å². The SMILES string of the molecule is C=CC(=O)OCC[N+](C(C)C)(C(C)C)C(C)(C)C.[Cl-]. The molecule has 0 fully saturated rings. The lowest BCUT2D eigenvalue weighted by atomic mass is 9.94. The molecule has 0 spiro atoms. The highest BCUT2D eigenvalue weighted by Gasteiger charge is 2.45. The number of ether oxygens (including phenoxy) is 1. The molecular formula is C15H30ClNO2. The minimum absolute atomic E-state index is 0. The van der Waals surface area contributed by atoms with Crippen LogP contribution in [0.5, 0.6) is 0 Å². The van der Waals surface area contributed by atoms with Crippen LogP contribution < -0.4 is 12.4 Å². The van der Waals surface area contributed by atoms with Gasteiger partial charge >= 0.3 is 5.97 Å². The molecule has 0 aromatic rings. The summed E-state index contributed by atoms with van der Waals surface area (Å²) in [6.07, 6.45) is 1.22. The van der Waals surface area contributed by atoms with Gasteiger partial charge in [-0.1, -0.05) is 6.58 Å². The van der Waals surface area contributed by atoms with Crippen LogP contribution >= 0.6 is 0 Å². The Bertz CT molecular complexity index is 285. The maximum atomic E-state index is 11.1. The lowest BCUT2D eigenvalue weighted by Gasteiger charge is -2.54. The number of rotatable bonds is 6. The quantitative estimate of drug-likeness (QED) is 0.396. The number of nitrogens with zero attached hydrogens (tertiary/aromatic N) is 1. The molecule has 0 aliphatic rings. The number of hydrogen-bond donors (Lipinski definition) is 0. The Morgan fingerprint density at radius 3 is 1.89 bits per heavy atom. The van der Waals surface area contributed by atoms with Crippen molar-refractivity contribution in [2.45, 2.75) is 66.1 Å². The summed E-state index contributed by atoms with van der Waals surface area (Å²) in [5.41, 5.74) is 0.114. The zero-order valence-electron chi connectivity index (χ0n) is 13.5. The Morgan fingerprint density at radius 1 is 1.21 bits per heavy atom. The molecule has 0 atom stereocenters. The van der Waals surface area contributed by atoms with E-state index in [0.717, 1.165) is 11.0 Å². The van der Waals surface area contributed by atoms with Gasteiger partial charge in [0.15, 0.2) is 0 Å². The predicted octanol–water partition coefficient (Wildman–Crippen LogP) is 0.152. The fraction of sp³-hybridized carbons (Fsp3) is 0.800. The first-order valence-electron chi connectivity index (χ1n) is 6.76. The Labute approximate surface area is 125 Å². The third-order valence-corrected chi connectivity index (χ3v) is 3.96. The van der Waals surface area contributed by atoms with Gasteiger partial charge in [0.2, 0.25) is 0 Å². The lowest BCUT2D eigenvalue weighted by molar-refractivity contribution is -1.01. The summed E-state index contributed by atoms with van der Waals surface area (Å²) in [4.78, 5) is 11.1. The van der Waals surface area contributed by atoms with Gasteiger partial charge in [0.05, 0.1) is 17.6 Å². The zero-order valence-corrected chi connectivity index (χ0v) is 14.3. The molecule has 0 bridgehead atoms. The minimum atomic E-state index is -0.338. The summed E-state index contributed by atoms with van der Waals surface area (Å²) in [5.74, 6) is -0.338. The summed E-state index contributed by atoms with van der Waals surface area (Å²) in [7, 11) is 0. The normalized spacial score (nSPS) is 12.3. The fourth-order valence-electron chi connectivity index (χ4n) is 3.35. The van der Waals surface area contributed by atoms with E-state index in [1.54, 1.807) is 0 Å². The molecule has 0 aliphatic carbocycles. The third-order valence-electron chi connectivity index (χ3n) is 3.96. The minimum Gasteiger partial charge on any atom is -1.00 e. The predicted molar refractivity (Wildman–Crippen MR) is 76.3 cm³/mol. The molecule has 0 aromatic carbocycles. The second kappa shape index (κ2) is 7.91. The Hall–Kier alpha value is -0.540. The van der Waals surface area contributed by atoms with E-state index in [-0.39, 0.29) is 23.9 Å². The molecule has 0 rings (SSSR count). The van der Waals surface area contributed by atoms with E-state index >= 15 is 0 Å². The van der Waals surface area contributed by atoms with E-state index in [0.29, 0.717) is 18.7 Å². The second-order valence-corrected chi connectivity index (χ2v) is 6.38. The van der Waals surface area contributed by atoms with Crippen LogP contribution in [-0.4, -0.2) is 41.2 Å². The van der Waals surface area contributed by atoms with Crippen LogP contribution in [0.4, 0.5) is 0 Å². The van der Waals surface area contributed by atoms with Crippen molar-refractivity contribution in [3.05, 3.63) is 12.7 Å². The van der Waals surface area contributed by atoms with Crippen molar-refractivity contribution in [1.82, 2.24) is 0 Å². The molecule has 0 aromatic heterocycles. The third kappa shape index (κ3) is 4.81. The van der Waals surface area contributed by atoms with Crippen molar-refractivity contribution in [3.8, 4) is 0 Å². The number of quaternary nitrogens is 1. The van der Waals surface area contributed by atoms with E-state index in [4.69, 9.17) is 4.74 Å². The standard InChI is InChI=1S/C15H30NO2.ClH/c1-9-14(17)18-11-10-16(12(2)3,13(4)5)15(6,7)8;/h9,12-13H,1,10-11H2,2-8H3;1H/q+1;/p-1. The number of esters is 1. The first kappa shape index (κ1) is 20.8. The molecule has 0 radical (unpaired) electrons. The Morgan fingerprint density at radius 2 is 1.63 bits per heavy atom. The second-order valence-electron chi connectivity index (χ2n) is 6.38. The molecule has 0 aliphatic heterocycles. The Kier molecular flexibility index (Phi) is 8.64. The highest BCUT2D eigenvalue weighted by Crippen LogP contribution is 2.32. The average molecular weight is 292 g/mol. The van der Waals surface area contributed by atoms with Gasteiger partial charge < -0.3 is 21.6 Å². The van der Waals surface area contributed by atoms with E-state index in [9.17, 15) is 4.79 Å². The number of halogens is 1. The van der Waals surface area contributed by atoms with Gasteiger partial charge in [0.1, 0.15) is 13.2 Å². The first-order valence-corrected chi connectivity index (χ1v) is 6.76. The smallest absolute Gasteiger partial charge is 0.330 e. The van der Waals surface area contributed by atoms with Crippen molar-refractivity contribution in [2.75, 3.05) is 13.2 Å². The summed E-state index contributed by atoms with van der Waals surface area (Å²) in [6.45, 7) is 20.4. The molecule has 0 N–H and O–H groups in total. The summed E-state index contributed by atoms with van der Waals surface area (Å²) >= 11 is 0. The van der Waals surface area contributed by atoms with E-state index < -0.39 is 0 Å². The maximum Gasteiger partial charge on any atom is 0.330 e. The average Bonchev–Trinajstić information content (AvgIpc) is 2.20. The van der Waals surface area contributed by atoms with Crippen molar-refractivity contribution in [1.29, 1.82) is 0 Å². The lowest BCUT2D eigenvalue weighted by Crippen LogP contribution is -3.00. The maximum absolute atomic E-state index is 11.1. The van der Waals surface area contributed by atoms with Gasteiger partial charge in [0.25, 0.3) is 0 Å². The molecular weight excluding hydrogens is 262 g/mol. The molecule has 0 saturated heterocycles. The molecule has 0 heterocycles. The van der Waals surface area contributed by atoms with Crippen LogP contribution in [0, 0.1) is 0 Å².